The van der Waals surface area contributed by atoms with Crippen molar-refractivity contribution in [3.8, 4) is 11.3 Å². The van der Waals surface area contributed by atoms with Gasteiger partial charge in [-0.3, -0.25) is 9.89 Å². The van der Waals surface area contributed by atoms with Crippen LogP contribution in [-0.2, 0) is 0 Å². The summed E-state index contributed by atoms with van der Waals surface area (Å²) in [5.74, 6) is 0.315. The molecule has 102 valence electrons. The molecule has 0 atom stereocenters. The average molecular weight is 267 g/mol. The Bertz CT molecular complexity index is 827. The van der Waals surface area contributed by atoms with Crippen molar-refractivity contribution in [1.82, 2.24) is 14.6 Å². The molecule has 0 saturated heterocycles. The highest BCUT2D eigenvalue weighted by Gasteiger charge is 2.13. The van der Waals surface area contributed by atoms with E-state index in [0.29, 0.717) is 11.6 Å². The summed E-state index contributed by atoms with van der Waals surface area (Å²) >= 11 is 0. The minimum Gasteiger partial charge on any atom is -0.297 e. The first-order valence-electron chi connectivity index (χ1n) is 6.75. The van der Waals surface area contributed by atoms with Gasteiger partial charge in [0.05, 0.1) is 5.69 Å². The van der Waals surface area contributed by atoms with Gasteiger partial charge in [0.2, 0.25) is 0 Å². The molecule has 20 heavy (non-hydrogen) atoms. The molecule has 0 fully saturated rings. The van der Waals surface area contributed by atoms with Crippen molar-refractivity contribution in [3.63, 3.8) is 0 Å². The fraction of sp³-hybridized carbons (Fsp3) is 0.250. The Morgan fingerprint density at radius 2 is 2.00 bits per heavy atom. The Labute approximate surface area is 117 Å². The van der Waals surface area contributed by atoms with E-state index in [-0.39, 0.29) is 5.56 Å². The van der Waals surface area contributed by atoms with Crippen LogP contribution in [0.3, 0.4) is 0 Å². The van der Waals surface area contributed by atoms with Crippen molar-refractivity contribution >= 4 is 5.65 Å². The third-order valence-electron chi connectivity index (χ3n) is 3.57. The first-order chi connectivity index (χ1) is 9.58. The second-order valence-corrected chi connectivity index (χ2v) is 5.34. The Hall–Kier alpha value is -2.36. The normalized spacial score (nSPS) is 11.4. The van der Waals surface area contributed by atoms with E-state index >= 15 is 0 Å². The predicted molar refractivity (Wildman–Crippen MR) is 80.1 cm³/mol. The van der Waals surface area contributed by atoms with E-state index in [9.17, 15) is 4.79 Å². The fourth-order valence-corrected chi connectivity index (χ4v) is 2.42. The maximum Gasteiger partial charge on any atom is 0.273 e. The van der Waals surface area contributed by atoms with Gasteiger partial charge in [-0.25, -0.2) is 9.50 Å². The van der Waals surface area contributed by atoms with E-state index in [4.69, 9.17) is 0 Å². The van der Waals surface area contributed by atoms with Crippen LogP contribution in [0.2, 0.25) is 0 Å². The number of benzene rings is 1. The van der Waals surface area contributed by atoms with E-state index in [1.807, 2.05) is 37.4 Å². The molecule has 2 heterocycles. The number of aryl methyl sites for hydroxylation is 1. The van der Waals surface area contributed by atoms with Crippen molar-refractivity contribution in [1.29, 1.82) is 0 Å². The maximum atomic E-state index is 12.2. The summed E-state index contributed by atoms with van der Waals surface area (Å²) in [6, 6.07) is 9.55. The van der Waals surface area contributed by atoms with Gasteiger partial charge in [-0.2, -0.15) is 0 Å². The number of aromatic amines is 1. The number of hydrogen-bond acceptors (Lipinski definition) is 2. The maximum absolute atomic E-state index is 12.2. The zero-order chi connectivity index (χ0) is 14.3. The van der Waals surface area contributed by atoms with E-state index in [0.717, 1.165) is 22.4 Å². The third-order valence-corrected chi connectivity index (χ3v) is 3.57. The number of nitrogens with zero attached hydrogens (tertiary/aromatic N) is 2. The molecular formula is C16H17N3O. The highest BCUT2D eigenvalue weighted by Crippen LogP contribution is 2.23. The molecule has 2 aromatic heterocycles. The molecule has 1 N–H and O–H groups in total. The molecule has 0 radical (unpaired) electrons. The minimum absolute atomic E-state index is 0.0832. The van der Waals surface area contributed by atoms with E-state index in [2.05, 4.69) is 23.9 Å². The summed E-state index contributed by atoms with van der Waals surface area (Å²) in [7, 11) is 0. The second-order valence-electron chi connectivity index (χ2n) is 5.34. The number of nitrogens with one attached hydrogen (secondary N) is 1. The molecule has 0 unspecified atom stereocenters. The Morgan fingerprint density at radius 1 is 1.25 bits per heavy atom. The molecule has 0 spiro atoms. The number of fused-ring (bicyclic) bond motifs is 1. The second kappa shape index (κ2) is 4.63. The standard InChI is InChI=1S/C16H17N3O/c1-10(2)13-9-17-19-15(20)8-14(18-16(13)19)12-7-5-4-6-11(12)3/h4-10,17H,1-3H3. The zero-order valence-corrected chi connectivity index (χ0v) is 11.8. The van der Waals surface area contributed by atoms with Gasteiger partial charge in [0.15, 0.2) is 5.65 Å². The highest BCUT2D eigenvalue weighted by molar-refractivity contribution is 5.66. The smallest absolute Gasteiger partial charge is 0.273 e. The van der Waals surface area contributed by atoms with Gasteiger partial charge in [-0.1, -0.05) is 38.1 Å². The molecule has 0 aliphatic rings. The van der Waals surface area contributed by atoms with Gasteiger partial charge < -0.3 is 0 Å². The lowest BCUT2D eigenvalue weighted by Gasteiger charge is -2.06. The summed E-state index contributed by atoms with van der Waals surface area (Å²) in [4.78, 5) is 16.9. The van der Waals surface area contributed by atoms with Crippen molar-refractivity contribution in [2.75, 3.05) is 0 Å². The zero-order valence-electron chi connectivity index (χ0n) is 11.8. The fourth-order valence-electron chi connectivity index (χ4n) is 2.42. The molecule has 3 rings (SSSR count). The Morgan fingerprint density at radius 3 is 2.70 bits per heavy atom. The predicted octanol–water partition coefficient (Wildman–Crippen LogP) is 3.12. The van der Waals surface area contributed by atoms with Gasteiger partial charge in [0.25, 0.3) is 5.56 Å². The molecule has 0 amide bonds. The first-order valence-corrected chi connectivity index (χ1v) is 6.75. The summed E-state index contributed by atoms with van der Waals surface area (Å²) in [5, 5.41) is 2.97. The van der Waals surface area contributed by atoms with Gasteiger partial charge in [0, 0.05) is 23.4 Å². The van der Waals surface area contributed by atoms with Crippen LogP contribution in [0.4, 0.5) is 0 Å². The molecule has 1 aromatic carbocycles. The summed E-state index contributed by atoms with van der Waals surface area (Å²) in [5.41, 5.74) is 4.53. The molecular weight excluding hydrogens is 250 g/mol. The summed E-state index contributed by atoms with van der Waals surface area (Å²) in [6.45, 7) is 6.21. The molecule has 4 nitrogen and oxygen atoms in total. The molecule has 3 aromatic rings. The molecule has 0 aliphatic carbocycles. The van der Waals surface area contributed by atoms with Crippen LogP contribution in [0.1, 0.15) is 30.9 Å². The highest BCUT2D eigenvalue weighted by atomic mass is 16.1. The Balaban J connectivity index is 2.31. The lowest BCUT2D eigenvalue weighted by Crippen LogP contribution is -2.14. The van der Waals surface area contributed by atoms with E-state index in [1.54, 1.807) is 6.07 Å². The van der Waals surface area contributed by atoms with Crippen LogP contribution in [0.5, 0.6) is 0 Å². The van der Waals surface area contributed by atoms with Gasteiger partial charge >= 0.3 is 0 Å². The molecule has 0 bridgehead atoms. The lowest BCUT2D eigenvalue weighted by molar-refractivity contribution is 0.870. The minimum atomic E-state index is -0.0832. The number of rotatable bonds is 2. The van der Waals surface area contributed by atoms with Crippen molar-refractivity contribution in [3.05, 3.63) is 58.0 Å². The van der Waals surface area contributed by atoms with E-state index in [1.165, 1.54) is 4.52 Å². The van der Waals surface area contributed by atoms with Gasteiger partial charge in [0.1, 0.15) is 0 Å². The third kappa shape index (κ3) is 1.93. The SMILES string of the molecule is Cc1ccccc1-c1cc(=O)n2[nH]cc(C(C)C)c2n1. The van der Waals surface area contributed by atoms with Crippen molar-refractivity contribution < 1.29 is 0 Å². The van der Waals surface area contributed by atoms with Crippen LogP contribution in [0, 0.1) is 6.92 Å². The molecule has 0 saturated carbocycles. The summed E-state index contributed by atoms with van der Waals surface area (Å²) in [6.07, 6.45) is 1.86. The monoisotopic (exact) mass is 267 g/mol. The van der Waals surface area contributed by atoms with Crippen LogP contribution >= 0.6 is 0 Å². The van der Waals surface area contributed by atoms with Gasteiger partial charge in [-0.15, -0.1) is 0 Å². The van der Waals surface area contributed by atoms with Crippen LogP contribution in [-0.4, -0.2) is 14.6 Å². The lowest BCUT2D eigenvalue weighted by atomic mass is 10.0. The average Bonchev–Trinajstić information content (AvgIpc) is 2.83. The topological polar surface area (TPSA) is 50.2 Å². The number of H-pyrrole nitrogens is 1. The van der Waals surface area contributed by atoms with Crippen LogP contribution < -0.4 is 5.56 Å². The number of hydrogen-bond donors (Lipinski definition) is 1. The van der Waals surface area contributed by atoms with Gasteiger partial charge in [-0.05, 0) is 18.4 Å². The quantitative estimate of drug-likeness (QED) is 0.775. The van der Waals surface area contributed by atoms with Crippen molar-refractivity contribution in [2.45, 2.75) is 26.7 Å². The van der Waals surface area contributed by atoms with Crippen molar-refractivity contribution in [2.24, 2.45) is 0 Å². The summed E-state index contributed by atoms with van der Waals surface area (Å²) < 4.78 is 1.50. The largest absolute Gasteiger partial charge is 0.297 e. The Kier molecular flexibility index (Phi) is 2.93. The first kappa shape index (κ1) is 12.7. The van der Waals surface area contributed by atoms with Crippen LogP contribution in [0.15, 0.2) is 41.3 Å². The number of aromatic nitrogens is 3. The molecule has 4 heteroatoms. The van der Waals surface area contributed by atoms with Crippen LogP contribution in [0.25, 0.3) is 16.9 Å². The van der Waals surface area contributed by atoms with E-state index < -0.39 is 0 Å². The molecule has 0 aliphatic heterocycles.